The molecule has 20 heavy (non-hydrogen) atoms. The summed E-state index contributed by atoms with van der Waals surface area (Å²) >= 11 is 0. The van der Waals surface area contributed by atoms with Gasteiger partial charge in [0, 0.05) is 12.1 Å². The van der Waals surface area contributed by atoms with Crippen molar-refractivity contribution in [3.8, 4) is 0 Å². The van der Waals surface area contributed by atoms with Gasteiger partial charge in [0.25, 0.3) is 0 Å². The molecule has 0 aliphatic carbocycles. The quantitative estimate of drug-likeness (QED) is 0.820. The molecule has 2 aliphatic heterocycles. The highest BCUT2D eigenvalue weighted by atomic mass is 19.4. The van der Waals surface area contributed by atoms with Crippen LogP contribution >= 0.6 is 0 Å². The molecule has 0 bridgehead atoms. The second kappa shape index (κ2) is 6.30. The number of carbonyl (C=O) groups is 1. The van der Waals surface area contributed by atoms with E-state index in [0.29, 0.717) is 6.04 Å². The molecule has 2 rings (SSSR count). The highest BCUT2D eigenvalue weighted by Gasteiger charge is 2.38. The van der Waals surface area contributed by atoms with Crippen LogP contribution in [-0.4, -0.2) is 54.7 Å². The Balaban J connectivity index is 1.89. The van der Waals surface area contributed by atoms with Gasteiger partial charge in [-0.1, -0.05) is 0 Å². The van der Waals surface area contributed by atoms with Crippen LogP contribution in [-0.2, 0) is 4.79 Å². The zero-order valence-electron chi connectivity index (χ0n) is 11.7. The maximum atomic E-state index is 12.1. The van der Waals surface area contributed by atoms with Crippen molar-refractivity contribution < 1.29 is 18.0 Å². The fourth-order valence-electron chi connectivity index (χ4n) is 3.25. The van der Waals surface area contributed by atoms with Gasteiger partial charge in [0.1, 0.15) is 6.54 Å². The Bertz CT molecular complexity index is 342. The number of carbonyl (C=O) groups excluding carboxylic acids is 1. The van der Waals surface area contributed by atoms with Crippen LogP contribution in [0.15, 0.2) is 0 Å². The van der Waals surface area contributed by atoms with E-state index in [9.17, 15) is 18.0 Å². The molecule has 0 aromatic rings. The predicted molar refractivity (Wildman–Crippen MR) is 69.3 cm³/mol. The number of hydrogen-bond acceptors (Lipinski definition) is 3. The summed E-state index contributed by atoms with van der Waals surface area (Å²) in [6.45, 7) is 2.21. The van der Waals surface area contributed by atoms with Gasteiger partial charge in [-0.05, 0) is 45.7 Å². The summed E-state index contributed by atoms with van der Waals surface area (Å²) < 4.78 is 36.4. The SMILES string of the molecule is CC(C(=O)NCC(F)(F)F)N1CCCC1C1CCCN1. The Morgan fingerprint density at radius 3 is 2.75 bits per heavy atom. The lowest BCUT2D eigenvalue weighted by Gasteiger charge is -2.33. The summed E-state index contributed by atoms with van der Waals surface area (Å²) in [5, 5.41) is 5.41. The van der Waals surface area contributed by atoms with E-state index >= 15 is 0 Å². The van der Waals surface area contributed by atoms with Crippen LogP contribution in [0, 0.1) is 0 Å². The van der Waals surface area contributed by atoms with Gasteiger partial charge < -0.3 is 10.6 Å². The van der Waals surface area contributed by atoms with Gasteiger partial charge in [0.05, 0.1) is 6.04 Å². The summed E-state index contributed by atoms with van der Waals surface area (Å²) in [7, 11) is 0. The molecule has 2 saturated heterocycles. The minimum absolute atomic E-state index is 0.268. The average molecular weight is 293 g/mol. The summed E-state index contributed by atoms with van der Waals surface area (Å²) in [5.74, 6) is -0.535. The number of nitrogens with one attached hydrogen (secondary N) is 2. The third kappa shape index (κ3) is 3.85. The van der Waals surface area contributed by atoms with E-state index in [1.165, 1.54) is 0 Å². The predicted octanol–water partition coefficient (Wildman–Crippen LogP) is 1.27. The number of alkyl halides is 3. The summed E-state index contributed by atoms with van der Waals surface area (Å²) in [6.07, 6.45) is -0.136. The molecule has 3 atom stereocenters. The third-order valence-corrected chi connectivity index (χ3v) is 4.25. The van der Waals surface area contributed by atoms with E-state index in [1.54, 1.807) is 6.92 Å². The van der Waals surface area contributed by atoms with Gasteiger partial charge >= 0.3 is 6.18 Å². The lowest BCUT2D eigenvalue weighted by Crippen LogP contribution is -2.53. The number of hydrogen-bond donors (Lipinski definition) is 2. The fraction of sp³-hybridized carbons (Fsp3) is 0.923. The summed E-state index contributed by atoms with van der Waals surface area (Å²) in [5.41, 5.74) is 0. The van der Waals surface area contributed by atoms with Crippen molar-refractivity contribution in [1.82, 2.24) is 15.5 Å². The Morgan fingerprint density at radius 2 is 2.15 bits per heavy atom. The smallest absolute Gasteiger partial charge is 0.346 e. The maximum absolute atomic E-state index is 12.1. The van der Waals surface area contributed by atoms with Crippen molar-refractivity contribution >= 4 is 5.91 Å². The number of rotatable bonds is 4. The standard InChI is InChI=1S/C13H22F3N3O/c1-9(12(20)18-8-13(14,15)16)19-7-3-5-11(19)10-4-2-6-17-10/h9-11,17H,2-8H2,1H3,(H,18,20). The first-order chi connectivity index (χ1) is 9.38. The van der Waals surface area contributed by atoms with Gasteiger partial charge in [0.15, 0.2) is 0 Å². The van der Waals surface area contributed by atoms with Crippen LogP contribution in [0.5, 0.6) is 0 Å². The fourth-order valence-corrected chi connectivity index (χ4v) is 3.25. The van der Waals surface area contributed by atoms with E-state index in [4.69, 9.17) is 0 Å². The molecular weight excluding hydrogens is 271 g/mol. The lowest BCUT2D eigenvalue weighted by atomic mass is 10.0. The molecule has 2 N–H and O–H groups in total. The molecule has 116 valence electrons. The van der Waals surface area contributed by atoms with E-state index in [2.05, 4.69) is 10.2 Å². The molecule has 4 nitrogen and oxygen atoms in total. The first-order valence-corrected chi connectivity index (χ1v) is 7.22. The van der Waals surface area contributed by atoms with E-state index in [0.717, 1.165) is 38.8 Å². The van der Waals surface area contributed by atoms with Gasteiger partial charge in [-0.15, -0.1) is 0 Å². The van der Waals surface area contributed by atoms with Crippen LogP contribution in [0.1, 0.15) is 32.6 Å². The first kappa shape index (κ1) is 15.6. The molecule has 2 fully saturated rings. The molecule has 0 saturated carbocycles. The minimum atomic E-state index is -4.35. The minimum Gasteiger partial charge on any atom is -0.346 e. The molecule has 0 spiro atoms. The second-order valence-corrected chi connectivity index (χ2v) is 5.66. The van der Waals surface area contributed by atoms with Crippen LogP contribution < -0.4 is 10.6 Å². The highest BCUT2D eigenvalue weighted by molar-refractivity contribution is 5.81. The van der Waals surface area contributed by atoms with Crippen LogP contribution in [0.3, 0.4) is 0 Å². The van der Waals surface area contributed by atoms with Crippen molar-refractivity contribution in [3.05, 3.63) is 0 Å². The van der Waals surface area contributed by atoms with Gasteiger partial charge in [0.2, 0.25) is 5.91 Å². The molecule has 1 amide bonds. The highest BCUT2D eigenvalue weighted by Crippen LogP contribution is 2.26. The third-order valence-electron chi connectivity index (χ3n) is 4.25. The van der Waals surface area contributed by atoms with Crippen molar-refractivity contribution in [2.24, 2.45) is 0 Å². The Hall–Kier alpha value is -0.820. The lowest BCUT2D eigenvalue weighted by molar-refractivity contribution is -0.141. The molecule has 2 heterocycles. The van der Waals surface area contributed by atoms with Gasteiger partial charge in [-0.2, -0.15) is 13.2 Å². The van der Waals surface area contributed by atoms with Crippen LogP contribution in [0.25, 0.3) is 0 Å². The number of amides is 1. The molecule has 3 unspecified atom stereocenters. The zero-order chi connectivity index (χ0) is 14.8. The molecule has 7 heteroatoms. The normalized spacial score (nSPS) is 29.6. The second-order valence-electron chi connectivity index (χ2n) is 5.66. The monoisotopic (exact) mass is 293 g/mol. The van der Waals surface area contributed by atoms with E-state index in [1.807, 2.05) is 5.32 Å². The molecule has 2 aliphatic rings. The van der Waals surface area contributed by atoms with Crippen molar-refractivity contribution in [2.45, 2.75) is 56.9 Å². The van der Waals surface area contributed by atoms with Crippen molar-refractivity contribution in [3.63, 3.8) is 0 Å². The maximum Gasteiger partial charge on any atom is 0.405 e. The summed E-state index contributed by atoms with van der Waals surface area (Å²) in [6, 6.07) is 0.131. The van der Waals surface area contributed by atoms with Crippen LogP contribution in [0.2, 0.25) is 0 Å². The number of likely N-dealkylation sites (tertiary alicyclic amines) is 1. The Morgan fingerprint density at radius 1 is 1.40 bits per heavy atom. The Kier molecular flexibility index (Phi) is 4.90. The van der Waals surface area contributed by atoms with Gasteiger partial charge in [-0.25, -0.2) is 0 Å². The van der Waals surface area contributed by atoms with Crippen LogP contribution in [0.4, 0.5) is 13.2 Å². The Labute approximate surface area is 117 Å². The number of halogens is 3. The molecule has 0 aromatic heterocycles. The molecule has 0 radical (unpaired) electrons. The van der Waals surface area contributed by atoms with Gasteiger partial charge in [-0.3, -0.25) is 9.69 Å². The van der Waals surface area contributed by atoms with E-state index < -0.39 is 24.7 Å². The average Bonchev–Trinajstić information content (AvgIpc) is 3.03. The summed E-state index contributed by atoms with van der Waals surface area (Å²) in [4.78, 5) is 13.9. The zero-order valence-corrected chi connectivity index (χ0v) is 11.7. The van der Waals surface area contributed by atoms with Crippen molar-refractivity contribution in [1.29, 1.82) is 0 Å². The van der Waals surface area contributed by atoms with Crippen molar-refractivity contribution in [2.75, 3.05) is 19.6 Å². The topological polar surface area (TPSA) is 44.4 Å². The largest absolute Gasteiger partial charge is 0.405 e. The molecule has 0 aromatic carbocycles. The van der Waals surface area contributed by atoms with E-state index in [-0.39, 0.29) is 6.04 Å². The number of nitrogens with zero attached hydrogens (tertiary/aromatic N) is 1. The first-order valence-electron chi connectivity index (χ1n) is 7.22. The molecular formula is C13H22F3N3O.